The molecule has 5 heteroatoms. The van der Waals surface area contributed by atoms with Crippen LogP contribution in [0.25, 0.3) is 0 Å². The fraction of sp³-hybridized carbons (Fsp3) is 0. The highest BCUT2D eigenvalue weighted by Crippen LogP contribution is 2.31. The fourth-order valence-corrected chi connectivity index (χ4v) is 1.30. The molecule has 0 spiro atoms. The van der Waals surface area contributed by atoms with Gasteiger partial charge in [0.1, 0.15) is 6.07 Å². The molecule has 1 aromatic heterocycles. The molecule has 0 saturated heterocycles. The molecule has 0 fully saturated rings. The molecule has 1 heterocycles. The van der Waals surface area contributed by atoms with Crippen molar-refractivity contribution < 1.29 is 9.13 Å². The minimum atomic E-state index is -0.585. The number of para-hydroxylation sites is 1. The number of ether oxygens (including phenoxy) is 1. The summed E-state index contributed by atoms with van der Waals surface area (Å²) in [6.07, 6.45) is 2.79. The number of nitriles is 1. The van der Waals surface area contributed by atoms with Crippen LogP contribution in [0.3, 0.4) is 0 Å². The SMILES string of the molecule is N#Cc1ccncc1Oc1c(N)cccc1F. The van der Waals surface area contributed by atoms with Crippen molar-refractivity contribution in [2.45, 2.75) is 0 Å². The summed E-state index contributed by atoms with van der Waals surface area (Å²) in [5, 5.41) is 8.85. The van der Waals surface area contributed by atoms with Gasteiger partial charge in [0.25, 0.3) is 0 Å². The summed E-state index contributed by atoms with van der Waals surface area (Å²) in [6.45, 7) is 0. The molecule has 4 nitrogen and oxygen atoms in total. The largest absolute Gasteiger partial charge is 0.449 e. The highest BCUT2D eigenvalue weighted by atomic mass is 19.1. The van der Waals surface area contributed by atoms with Crippen LogP contribution in [0.2, 0.25) is 0 Å². The molecule has 2 aromatic rings. The second-order valence-electron chi connectivity index (χ2n) is 3.24. The number of nitrogen functional groups attached to an aromatic ring is 1. The lowest BCUT2D eigenvalue weighted by Crippen LogP contribution is -1.96. The van der Waals surface area contributed by atoms with Gasteiger partial charge in [-0.2, -0.15) is 5.26 Å². The van der Waals surface area contributed by atoms with Gasteiger partial charge in [-0.15, -0.1) is 0 Å². The molecule has 2 N–H and O–H groups in total. The van der Waals surface area contributed by atoms with Crippen LogP contribution < -0.4 is 10.5 Å². The molecule has 0 saturated carbocycles. The van der Waals surface area contributed by atoms with Crippen molar-refractivity contribution in [1.82, 2.24) is 4.98 Å². The maximum absolute atomic E-state index is 13.5. The van der Waals surface area contributed by atoms with E-state index in [0.717, 1.165) is 0 Å². The van der Waals surface area contributed by atoms with Crippen LogP contribution in [0.15, 0.2) is 36.7 Å². The molecule has 0 aliphatic carbocycles. The highest BCUT2D eigenvalue weighted by Gasteiger charge is 2.11. The fourth-order valence-electron chi connectivity index (χ4n) is 1.30. The molecule has 0 bridgehead atoms. The van der Waals surface area contributed by atoms with Gasteiger partial charge in [-0.25, -0.2) is 4.39 Å². The summed E-state index contributed by atoms with van der Waals surface area (Å²) in [7, 11) is 0. The number of hydrogen-bond acceptors (Lipinski definition) is 4. The van der Waals surface area contributed by atoms with Crippen molar-refractivity contribution >= 4 is 5.69 Å². The Labute approximate surface area is 97.1 Å². The first-order valence-electron chi connectivity index (χ1n) is 4.78. The summed E-state index contributed by atoms with van der Waals surface area (Å²) in [5.41, 5.74) is 6.02. The molecule has 0 unspecified atom stereocenters. The number of anilines is 1. The smallest absolute Gasteiger partial charge is 0.186 e. The van der Waals surface area contributed by atoms with Crippen molar-refractivity contribution in [2.75, 3.05) is 5.73 Å². The molecule has 0 atom stereocenters. The van der Waals surface area contributed by atoms with E-state index in [0.29, 0.717) is 0 Å². The van der Waals surface area contributed by atoms with Crippen LogP contribution in [0.1, 0.15) is 5.56 Å². The number of hydrogen-bond donors (Lipinski definition) is 1. The monoisotopic (exact) mass is 229 g/mol. The van der Waals surface area contributed by atoms with Crippen LogP contribution in [0.4, 0.5) is 10.1 Å². The first-order valence-corrected chi connectivity index (χ1v) is 4.78. The average molecular weight is 229 g/mol. The molecule has 1 aromatic carbocycles. The first-order chi connectivity index (χ1) is 8.22. The van der Waals surface area contributed by atoms with Gasteiger partial charge in [-0.05, 0) is 18.2 Å². The molecule has 0 aliphatic heterocycles. The van der Waals surface area contributed by atoms with E-state index in [-0.39, 0.29) is 22.7 Å². The van der Waals surface area contributed by atoms with Gasteiger partial charge in [-0.1, -0.05) is 6.07 Å². The number of aromatic nitrogens is 1. The molecule has 0 radical (unpaired) electrons. The lowest BCUT2D eigenvalue weighted by molar-refractivity contribution is 0.442. The zero-order chi connectivity index (χ0) is 12.3. The average Bonchev–Trinajstić information content (AvgIpc) is 2.34. The Morgan fingerprint density at radius 2 is 2.18 bits per heavy atom. The number of halogens is 1. The van der Waals surface area contributed by atoms with Crippen molar-refractivity contribution in [2.24, 2.45) is 0 Å². The van der Waals surface area contributed by atoms with Crippen LogP contribution in [-0.2, 0) is 0 Å². The topological polar surface area (TPSA) is 71.9 Å². The van der Waals surface area contributed by atoms with Crippen molar-refractivity contribution in [1.29, 1.82) is 5.26 Å². The zero-order valence-electron chi connectivity index (χ0n) is 8.72. The minimum absolute atomic E-state index is 0.1000. The van der Waals surface area contributed by atoms with Gasteiger partial charge in [0.15, 0.2) is 17.3 Å². The van der Waals surface area contributed by atoms with E-state index in [1.165, 1.54) is 36.7 Å². The minimum Gasteiger partial charge on any atom is -0.449 e. The maximum Gasteiger partial charge on any atom is 0.186 e. The van der Waals surface area contributed by atoms with Crippen molar-refractivity contribution in [3.63, 3.8) is 0 Å². The molecular weight excluding hydrogens is 221 g/mol. The Kier molecular flexibility index (Phi) is 2.88. The van der Waals surface area contributed by atoms with E-state index >= 15 is 0 Å². The van der Waals surface area contributed by atoms with Crippen LogP contribution in [-0.4, -0.2) is 4.98 Å². The van der Waals surface area contributed by atoms with E-state index < -0.39 is 5.82 Å². The van der Waals surface area contributed by atoms with Gasteiger partial charge >= 0.3 is 0 Å². The van der Waals surface area contributed by atoms with Crippen LogP contribution in [0.5, 0.6) is 11.5 Å². The summed E-state index contributed by atoms with van der Waals surface area (Å²) in [4.78, 5) is 3.81. The van der Waals surface area contributed by atoms with E-state index in [4.69, 9.17) is 15.7 Å². The van der Waals surface area contributed by atoms with E-state index in [1.807, 2.05) is 6.07 Å². The van der Waals surface area contributed by atoms with Gasteiger partial charge in [0, 0.05) is 6.20 Å². The molecule has 0 aliphatic rings. The lowest BCUT2D eigenvalue weighted by Gasteiger charge is -2.09. The molecule has 84 valence electrons. The molecular formula is C12H8FN3O. The zero-order valence-corrected chi connectivity index (χ0v) is 8.72. The molecule has 2 rings (SSSR count). The second kappa shape index (κ2) is 4.49. The normalized spacial score (nSPS) is 9.65. The van der Waals surface area contributed by atoms with Crippen molar-refractivity contribution in [3.05, 3.63) is 48.0 Å². The Morgan fingerprint density at radius 1 is 1.35 bits per heavy atom. The highest BCUT2D eigenvalue weighted by molar-refractivity contribution is 5.55. The van der Waals surface area contributed by atoms with Crippen LogP contribution >= 0.6 is 0 Å². The number of nitrogens with zero attached hydrogens (tertiary/aromatic N) is 2. The van der Waals surface area contributed by atoms with E-state index in [2.05, 4.69) is 4.98 Å². The number of nitrogens with two attached hydrogens (primary N) is 1. The number of benzene rings is 1. The third-order valence-electron chi connectivity index (χ3n) is 2.11. The Balaban J connectivity index is 2.42. The summed E-state index contributed by atoms with van der Waals surface area (Å²) >= 11 is 0. The molecule has 0 amide bonds. The van der Waals surface area contributed by atoms with E-state index in [1.54, 1.807) is 0 Å². The van der Waals surface area contributed by atoms with Gasteiger partial charge in [0.2, 0.25) is 0 Å². The summed E-state index contributed by atoms with van der Waals surface area (Å²) in [5.74, 6) is -0.512. The third-order valence-corrected chi connectivity index (χ3v) is 2.11. The Bertz CT molecular complexity index is 572. The van der Waals surface area contributed by atoms with Gasteiger partial charge in [-0.3, -0.25) is 4.98 Å². The third kappa shape index (κ3) is 2.16. The Hall–Kier alpha value is -2.61. The molecule has 17 heavy (non-hydrogen) atoms. The van der Waals surface area contributed by atoms with Gasteiger partial charge in [0.05, 0.1) is 17.4 Å². The van der Waals surface area contributed by atoms with Gasteiger partial charge < -0.3 is 10.5 Å². The quantitative estimate of drug-likeness (QED) is 0.803. The number of pyridine rings is 1. The Morgan fingerprint density at radius 3 is 2.88 bits per heavy atom. The summed E-state index contributed by atoms with van der Waals surface area (Å²) in [6, 6.07) is 7.63. The first kappa shape index (κ1) is 10.9. The van der Waals surface area contributed by atoms with Crippen molar-refractivity contribution in [3.8, 4) is 17.6 Å². The van der Waals surface area contributed by atoms with Crippen LogP contribution in [0, 0.1) is 17.1 Å². The summed E-state index contributed by atoms with van der Waals surface area (Å²) < 4.78 is 18.7. The number of rotatable bonds is 2. The van der Waals surface area contributed by atoms with E-state index in [9.17, 15) is 4.39 Å². The second-order valence-corrected chi connectivity index (χ2v) is 3.24. The predicted octanol–water partition coefficient (Wildman–Crippen LogP) is 2.47. The standard InChI is InChI=1S/C12H8FN3O/c13-9-2-1-3-10(15)12(9)17-11-7-16-5-4-8(11)6-14/h1-5,7H,15H2. The lowest BCUT2D eigenvalue weighted by atomic mass is 10.2. The predicted molar refractivity (Wildman–Crippen MR) is 59.8 cm³/mol. The maximum atomic E-state index is 13.5.